The molecule has 0 aliphatic rings. The molecule has 5 nitrogen and oxygen atoms in total. The number of nitrogens with one attached hydrogen (secondary N) is 1. The Kier molecular flexibility index (Phi) is 3.93. The average Bonchev–Trinajstić information content (AvgIpc) is 2.93. The first-order chi connectivity index (χ1) is 8.31. The first-order valence-electron chi connectivity index (χ1n) is 5.99. The molecule has 0 atom stereocenters. The van der Waals surface area contributed by atoms with Gasteiger partial charge in [0, 0.05) is 45.1 Å². The molecule has 17 heavy (non-hydrogen) atoms. The van der Waals surface area contributed by atoms with Crippen molar-refractivity contribution in [1.82, 2.24) is 24.6 Å². The predicted molar refractivity (Wildman–Crippen MR) is 66.5 cm³/mol. The summed E-state index contributed by atoms with van der Waals surface area (Å²) in [6, 6.07) is 2.06. The summed E-state index contributed by atoms with van der Waals surface area (Å²) in [5, 5.41) is 7.65. The Morgan fingerprint density at radius 2 is 2.24 bits per heavy atom. The number of imidazole rings is 1. The fourth-order valence-electron chi connectivity index (χ4n) is 1.81. The summed E-state index contributed by atoms with van der Waals surface area (Å²) in [5.41, 5.74) is 1.22. The third kappa shape index (κ3) is 2.94. The van der Waals surface area contributed by atoms with Crippen molar-refractivity contribution < 1.29 is 0 Å². The molecule has 2 rings (SSSR count). The number of aromatic nitrogens is 4. The van der Waals surface area contributed by atoms with Gasteiger partial charge in [-0.15, -0.1) is 0 Å². The standard InChI is InChI=1S/C12H19N5/c1-3-13-10-11-4-6-15-17(11)8-5-12-14-7-9-16(12)2/h4,6-7,9,13H,3,5,8,10H2,1-2H3. The van der Waals surface area contributed by atoms with Crippen LogP contribution in [0.4, 0.5) is 0 Å². The number of hydrogen-bond acceptors (Lipinski definition) is 3. The van der Waals surface area contributed by atoms with Crippen LogP contribution in [0.3, 0.4) is 0 Å². The molecular weight excluding hydrogens is 214 g/mol. The average molecular weight is 233 g/mol. The van der Waals surface area contributed by atoms with Gasteiger partial charge in [-0.3, -0.25) is 4.68 Å². The molecule has 1 N–H and O–H groups in total. The van der Waals surface area contributed by atoms with E-state index in [4.69, 9.17) is 0 Å². The molecule has 0 spiro atoms. The van der Waals surface area contributed by atoms with E-state index in [-0.39, 0.29) is 0 Å². The van der Waals surface area contributed by atoms with E-state index in [2.05, 4.69) is 28.4 Å². The molecule has 0 saturated heterocycles. The Morgan fingerprint density at radius 1 is 1.35 bits per heavy atom. The molecule has 0 unspecified atom stereocenters. The Bertz CT molecular complexity index is 457. The van der Waals surface area contributed by atoms with E-state index in [9.17, 15) is 0 Å². The predicted octanol–water partition coefficient (Wildman–Crippen LogP) is 0.969. The van der Waals surface area contributed by atoms with Crippen molar-refractivity contribution in [2.45, 2.75) is 26.4 Å². The van der Waals surface area contributed by atoms with Crippen molar-refractivity contribution in [3.05, 3.63) is 36.2 Å². The van der Waals surface area contributed by atoms with Crippen molar-refractivity contribution in [2.75, 3.05) is 6.54 Å². The van der Waals surface area contributed by atoms with E-state index in [0.29, 0.717) is 0 Å². The maximum Gasteiger partial charge on any atom is 0.110 e. The van der Waals surface area contributed by atoms with Crippen LogP contribution < -0.4 is 5.32 Å². The van der Waals surface area contributed by atoms with Gasteiger partial charge in [-0.05, 0) is 12.6 Å². The van der Waals surface area contributed by atoms with Gasteiger partial charge >= 0.3 is 0 Å². The van der Waals surface area contributed by atoms with E-state index in [1.54, 1.807) is 0 Å². The first-order valence-corrected chi connectivity index (χ1v) is 5.99. The Balaban J connectivity index is 1.95. The number of aryl methyl sites for hydroxylation is 3. The van der Waals surface area contributed by atoms with Crippen LogP contribution in [0.15, 0.2) is 24.7 Å². The van der Waals surface area contributed by atoms with Crippen LogP contribution in [0.25, 0.3) is 0 Å². The molecule has 2 aromatic rings. The molecule has 0 aromatic carbocycles. The highest BCUT2D eigenvalue weighted by molar-refractivity contribution is 5.01. The van der Waals surface area contributed by atoms with Gasteiger partial charge in [0.1, 0.15) is 5.82 Å². The lowest BCUT2D eigenvalue weighted by atomic mass is 10.3. The summed E-state index contributed by atoms with van der Waals surface area (Å²) in [7, 11) is 2.02. The van der Waals surface area contributed by atoms with Crippen LogP contribution in [-0.4, -0.2) is 25.9 Å². The minimum atomic E-state index is 0.872. The normalized spacial score (nSPS) is 10.9. The van der Waals surface area contributed by atoms with Crippen LogP contribution in [0.5, 0.6) is 0 Å². The molecule has 0 saturated carbocycles. The van der Waals surface area contributed by atoms with Gasteiger partial charge in [-0.2, -0.15) is 5.10 Å². The molecule has 5 heteroatoms. The Hall–Kier alpha value is -1.62. The topological polar surface area (TPSA) is 47.7 Å². The summed E-state index contributed by atoms with van der Waals surface area (Å²) in [6.07, 6.45) is 6.56. The van der Waals surface area contributed by atoms with E-state index < -0.39 is 0 Å². The lowest BCUT2D eigenvalue weighted by molar-refractivity contribution is 0.548. The maximum atomic E-state index is 4.34. The fraction of sp³-hybridized carbons (Fsp3) is 0.500. The molecule has 2 heterocycles. The van der Waals surface area contributed by atoms with Gasteiger partial charge in [0.05, 0.1) is 5.69 Å². The minimum Gasteiger partial charge on any atom is -0.338 e. The van der Waals surface area contributed by atoms with Crippen LogP contribution in [0.2, 0.25) is 0 Å². The molecule has 0 bridgehead atoms. The highest BCUT2D eigenvalue weighted by Gasteiger charge is 2.04. The van der Waals surface area contributed by atoms with Crippen molar-refractivity contribution in [2.24, 2.45) is 7.05 Å². The lowest BCUT2D eigenvalue weighted by Gasteiger charge is -2.07. The molecular formula is C12H19N5. The van der Waals surface area contributed by atoms with Crippen LogP contribution >= 0.6 is 0 Å². The maximum absolute atomic E-state index is 4.34. The Morgan fingerprint density at radius 3 is 2.94 bits per heavy atom. The highest BCUT2D eigenvalue weighted by Crippen LogP contribution is 2.02. The quantitative estimate of drug-likeness (QED) is 0.808. The van der Waals surface area contributed by atoms with Gasteiger partial charge < -0.3 is 9.88 Å². The second-order valence-electron chi connectivity index (χ2n) is 4.03. The van der Waals surface area contributed by atoms with Crippen LogP contribution in [-0.2, 0) is 26.6 Å². The summed E-state index contributed by atoms with van der Waals surface area (Å²) >= 11 is 0. The third-order valence-corrected chi connectivity index (χ3v) is 2.83. The zero-order valence-electron chi connectivity index (χ0n) is 10.4. The third-order valence-electron chi connectivity index (χ3n) is 2.83. The molecule has 0 aliphatic carbocycles. The zero-order valence-corrected chi connectivity index (χ0v) is 10.4. The molecule has 2 aromatic heterocycles. The SMILES string of the molecule is CCNCc1ccnn1CCc1nccn1C. The van der Waals surface area contributed by atoms with Gasteiger partial charge in [-0.1, -0.05) is 6.92 Å². The van der Waals surface area contributed by atoms with Gasteiger partial charge in [-0.25, -0.2) is 4.98 Å². The first kappa shape index (κ1) is 11.9. The van der Waals surface area contributed by atoms with Crippen LogP contribution in [0.1, 0.15) is 18.4 Å². The van der Waals surface area contributed by atoms with E-state index in [1.165, 1.54) is 5.69 Å². The van der Waals surface area contributed by atoms with E-state index in [1.807, 2.05) is 34.9 Å². The van der Waals surface area contributed by atoms with Gasteiger partial charge in [0.2, 0.25) is 0 Å². The molecule has 92 valence electrons. The second kappa shape index (κ2) is 5.63. The molecule has 0 aliphatic heterocycles. The smallest absolute Gasteiger partial charge is 0.110 e. The summed E-state index contributed by atoms with van der Waals surface area (Å²) < 4.78 is 4.09. The second-order valence-corrected chi connectivity index (χ2v) is 4.03. The lowest BCUT2D eigenvalue weighted by Crippen LogP contribution is -2.17. The summed E-state index contributed by atoms with van der Waals surface area (Å²) in [4.78, 5) is 4.31. The monoisotopic (exact) mass is 233 g/mol. The molecule has 0 radical (unpaired) electrons. The van der Waals surface area contributed by atoms with Crippen molar-refractivity contribution in [3.8, 4) is 0 Å². The number of nitrogens with zero attached hydrogens (tertiary/aromatic N) is 4. The van der Waals surface area contributed by atoms with E-state index in [0.717, 1.165) is 31.9 Å². The largest absolute Gasteiger partial charge is 0.338 e. The summed E-state index contributed by atoms with van der Waals surface area (Å²) in [5.74, 6) is 1.09. The highest BCUT2D eigenvalue weighted by atomic mass is 15.3. The molecule has 0 amide bonds. The van der Waals surface area contributed by atoms with Crippen molar-refractivity contribution in [3.63, 3.8) is 0 Å². The fourth-order valence-corrected chi connectivity index (χ4v) is 1.81. The van der Waals surface area contributed by atoms with Gasteiger partial charge in [0.15, 0.2) is 0 Å². The Labute approximate surface area is 101 Å². The van der Waals surface area contributed by atoms with Crippen molar-refractivity contribution >= 4 is 0 Å². The summed E-state index contributed by atoms with van der Waals surface area (Å²) in [6.45, 7) is 4.83. The number of rotatable bonds is 6. The zero-order chi connectivity index (χ0) is 12.1. The van der Waals surface area contributed by atoms with Crippen molar-refractivity contribution in [1.29, 1.82) is 0 Å². The molecule has 0 fully saturated rings. The van der Waals surface area contributed by atoms with E-state index >= 15 is 0 Å². The van der Waals surface area contributed by atoms with Gasteiger partial charge in [0.25, 0.3) is 0 Å². The minimum absolute atomic E-state index is 0.872. The van der Waals surface area contributed by atoms with Crippen LogP contribution in [0, 0.1) is 0 Å². The number of hydrogen-bond donors (Lipinski definition) is 1.